The van der Waals surface area contributed by atoms with Gasteiger partial charge >= 0.3 is 0 Å². The number of nitrogens with zero attached hydrogens (tertiary/aromatic N) is 2. The number of hydrogen-bond donors (Lipinski definition) is 1. The zero-order valence-corrected chi connectivity index (χ0v) is 17.4. The monoisotopic (exact) mass is 389 g/mol. The Hall–Kier alpha value is -3.10. The molecule has 0 aliphatic rings. The van der Waals surface area contributed by atoms with E-state index in [0.29, 0.717) is 17.2 Å². The summed E-state index contributed by atoms with van der Waals surface area (Å²) >= 11 is 1.46. The van der Waals surface area contributed by atoms with Crippen molar-refractivity contribution < 1.29 is 4.74 Å². The second-order valence-electron chi connectivity index (χ2n) is 6.58. The van der Waals surface area contributed by atoms with E-state index in [-0.39, 0.29) is 0 Å². The maximum atomic E-state index is 9.61. The number of benzene rings is 2. The third kappa shape index (κ3) is 4.41. The molecule has 3 aromatic rings. The fraction of sp³-hybridized carbons (Fsp3) is 0.217. The van der Waals surface area contributed by atoms with Crippen molar-refractivity contribution in [1.82, 2.24) is 4.98 Å². The lowest BCUT2D eigenvalue weighted by molar-refractivity contribution is 0.340. The molecule has 3 rings (SSSR count). The molecule has 0 amide bonds. The molecule has 142 valence electrons. The third-order valence-corrected chi connectivity index (χ3v) is 5.23. The molecule has 4 nitrogen and oxygen atoms in total. The van der Waals surface area contributed by atoms with Crippen molar-refractivity contribution in [1.29, 1.82) is 5.26 Å². The van der Waals surface area contributed by atoms with Gasteiger partial charge in [-0.1, -0.05) is 17.7 Å². The van der Waals surface area contributed by atoms with Gasteiger partial charge in [0.25, 0.3) is 0 Å². The van der Waals surface area contributed by atoms with Crippen LogP contribution in [0.15, 0.2) is 48.0 Å². The van der Waals surface area contributed by atoms with Crippen LogP contribution in [0.25, 0.3) is 16.8 Å². The number of rotatable bonds is 6. The minimum absolute atomic E-state index is 0.515. The van der Waals surface area contributed by atoms with Crippen LogP contribution in [0.1, 0.15) is 28.6 Å². The number of aromatic nitrogens is 1. The van der Waals surface area contributed by atoms with Crippen molar-refractivity contribution in [2.45, 2.75) is 27.7 Å². The SMILES string of the molecule is CCOc1ccc(-c2csc(/C(C#N)=C/Nc3c(C)cc(C)cc3C)n2)cc1. The van der Waals surface area contributed by atoms with Crippen LogP contribution < -0.4 is 10.1 Å². The first-order valence-corrected chi connectivity index (χ1v) is 10.0. The van der Waals surface area contributed by atoms with Crippen LogP contribution >= 0.6 is 11.3 Å². The summed E-state index contributed by atoms with van der Waals surface area (Å²) in [5.74, 6) is 0.840. The van der Waals surface area contributed by atoms with Gasteiger partial charge in [-0.3, -0.25) is 0 Å². The van der Waals surface area contributed by atoms with E-state index in [1.165, 1.54) is 16.9 Å². The smallest absolute Gasteiger partial charge is 0.136 e. The summed E-state index contributed by atoms with van der Waals surface area (Å²) in [5, 5.41) is 15.6. The Morgan fingerprint density at radius 2 is 1.86 bits per heavy atom. The van der Waals surface area contributed by atoms with Gasteiger partial charge in [-0.15, -0.1) is 11.3 Å². The quantitative estimate of drug-likeness (QED) is 0.517. The Kier molecular flexibility index (Phi) is 6.13. The molecule has 0 spiro atoms. The lowest BCUT2D eigenvalue weighted by Crippen LogP contribution is -1.97. The molecule has 0 radical (unpaired) electrons. The van der Waals surface area contributed by atoms with Crippen LogP contribution in [0.4, 0.5) is 5.69 Å². The largest absolute Gasteiger partial charge is 0.494 e. The Bertz CT molecular complexity index is 1020. The van der Waals surface area contributed by atoms with Gasteiger partial charge in [-0.25, -0.2) is 4.98 Å². The first-order valence-electron chi connectivity index (χ1n) is 9.15. The van der Waals surface area contributed by atoms with E-state index in [4.69, 9.17) is 4.74 Å². The number of thiazole rings is 1. The Morgan fingerprint density at radius 3 is 2.46 bits per heavy atom. The molecule has 0 saturated heterocycles. The summed E-state index contributed by atoms with van der Waals surface area (Å²) in [4.78, 5) is 4.65. The molecule has 0 fully saturated rings. The maximum Gasteiger partial charge on any atom is 0.136 e. The Balaban J connectivity index is 1.82. The summed E-state index contributed by atoms with van der Waals surface area (Å²) in [6.07, 6.45) is 1.74. The molecule has 0 bridgehead atoms. The fourth-order valence-corrected chi connectivity index (χ4v) is 3.91. The van der Waals surface area contributed by atoms with Crippen molar-refractivity contribution >= 4 is 22.6 Å². The molecule has 0 aliphatic heterocycles. The van der Waals surface area contributed by atoms with Gasteiger partial charge in [0.2, 0.25) is 0 Å². The van der Waals surface area contributed by atoms with Crippen LogP contribution in [0.2, 0.25) is 0 Å². The molecule has 1 heterocycles. The maximum absolute atomic E-state index is 9.61. The molecule has 1 aromatic heterocycles. The van der Waals surface area contributed by atoms with E-state index in [0.717, 1.165) is 33.8 Å². The van der Waals surface area contributed by atoms with Gasteiger partial charge in [-0.2, -0.15) is 5.26 Å². The molecule has 0 aliphatic carbocycles. The third-order valence-electron chi connectivity index (χ3n) is 4.35. The molecule has 5 heteroatoms. The van der Waals surface area contributed by atoms with Crippen LogP contribution in [0, 0.1) is 32.1 Å². The van der Waals surface area contributed by atoms with E-state index >= 15 is 0 Å². The first kappa shape index (κ1) is 19.7. The van der Waals surface area contributed by atoms with Gasteiger partial charge in [0.15, 0.2) is 0 Å². The predicted molar refractivity (Wildman–Crippen MR) is 117 cm³/mol. The number of ether oxygens (including phenoxy) is 1. The van der Waals surface area contributed by atoms with Crippen molar-refractivity contribution in [2.75, 3.05) is 11.9 Å². The standard InChI is InChI=1S/C23H23N3OS/c1-5-27-20-8-6-18(7-9-20)21-14-28-23(26-21)19(12-24)13-25-22-16(3)10-15(2)11-17(22)4/h6-11,13-14,25H,5H2,1-4H3/b19-13+. The topological polar surface area (TPSA) is 57.9 Å². The van der Waals surface area contributed by atoms with Crippen molar-refractivity contribution in [2.24, 2.45) is 0 Å². The molecule has 2 aromatic carbocycles. The average Bonchev–Trinajstić information content (AvgIpc) is 3.15. The second-order valence-corrected chi connectivity index (χ2v) is 7.44. The summed E-state index contributed by atoms with van der Waals surface area (Å²) in [5.41, 5.74) is 6.93. The van der Waals surface area contributed by atoms with Crippen LogP contribution in [0.5, 0.6) is 5.75 Å². The molecule has 28 heavy (non-hydrogen) atoms. The summed E-state index contributed by atoms with van der Waals surface area (Å²) < 4.78 is 5.48. The fourth-order valence-electron chi connectivity index (χ4n) is 3.11. The van der Waals surface area contributed by atoms with Gasteiger partial charge in [0, 0.05) is 22.8 Å². The van der Waals surface area contributed by atoms with Crippen molar-refractivity contribution in [3.8, 4) is 23.1 Å². The normalized spacial score (nSPS) is 11.2. The van der Waals surface area contributed by atoms with E-state index in [1.807, 2.05) is 36.6 Å². The second kappa shape index (κ2) is 8.73. The highest BCUT2D eigenvalue weighted by Crippen LogP contribution is 2.28. The van der Waals surface area contributed by atoms with E-state index in [9.17, 15) is 5.26 Å². The highest BCUT2D eigenvalue weighted by atomic mass is 32.1. The highest BCUT2D eigenvalue weighted by Gasteiger charge is 2.10. The lowest BCUT2D eigenvalue weighted by Gasteiger charge is -2.11. The van der Waals surface area contributed by atoms with Crippen molar-refractivity contribution in [3.63, 3.8) is 0 Å². The van der Waals surface area contributed by atoms with Crippen LogP contribution in [-0.4, -0.2) is 11.6 Å². The zero-order chi connectivity index (χ0) is 20.1. The summed E-state index contributed by atoms with van der Waals surface area (Å²) in [7, 11) is 0. The highest BCUT2D eigenvalue weighted by molar-refractivity contribution is 7.11. The van der Waals surface area contributed by atoms with Crippen molar-refractivity contribution in [3.05, 3.63) is 69.7 Å². The van der Waals surface area contributed by atoms with E-state index < -0.39 is 0 Å². The minimum atomic E-state index is 0.515. The number of anilines is 1. The lowest BCUT2D eigenvalue weighted by atomic mass is 10.1. The van der Waals surface area contributed by atoms with E-state index in [1.54, 1.807) is 6.20 Å². The molecular formula is C23H23N3OS. The van der Waals surface area contributed by atoms with Gasteiger partial charge in [0.1, 0.15) is 22.4 Å². The molecular weight excluding hydrogens is 366 g/mol. The Morgan fingerprint density at radius 1 is 1.18 bits per heavy atom. The number of allylic oxidation sites excluding steroid dienone is 1. The van der Waals surface area contributed by atoms with Gasteiger partial charge < -0.3 is 10.1 Å². The first-order chi connectivity index (χ1) is 13.5. The molecule has 0 saturated carbocycles. The number of aryl methyl sites for hydroxylation is 3. The van der Waals surface area contributed by atoms with Crippen LogP contribution in [-0.2, 0) is 0 Å². The molecule has 1 N–H and O–H groups in total. The Labute approximate surface area is 170 Å². The summed E-state index contributed by atoms with van der Waals surface area (Å²) in [6.45, 7) is 8.82. The van der Waals surface area contributed by atoms with Crippen LogP contribution in [0.3, 0.4) is 0 Å². The number of nitrogens with one attached hydrogen (secondary N) is 1. The summed E-state index contributed by atoms with van der Waals surface area (Å²) in [6, 6.07) is 14.3. The van der Waals surface area contributed by atoms with Gasteiger partial charge in [0.05, 0.1) is 12.3 Å². The average molecular weight is 390 g/mol. The van der Waals surface area contributed by atoms with E-state index in [2.05, 4.69) is 49.3 Å². The minimum Gasteiger partial charge on any atom is -0.494 e. The number of hydrogen-bond acceptors (Lipinski definition) is 5. The zero-order valence-electron chi connectivity index (χ0n) is 16.5. The molecule has 0 unspecified atom stereocenters. The molecule has 0 atom stereocenters. The predicted octanol–water partition coefficient (Wildman–Crippen LogP) is 6.11. The number of nitriles is 1. The van der Waals surface area contributed by atoms with Gasteiger partial charge in [-0.05, 0) is 63.1 Å².